The second-order valence-electron chi connectivity index (χ2n) is 4.37. The van der Waals surface area contributed by atoms with E-state index < -0.39 is 0 Å². The van der Waals surface area contributed by atoms with Crippen molar-refractivity contribution in [2.24, 2.45) is 0 Å². The third-order valence-electron chi connectivity index (χ3n) is 2.97. The second-order valence-corrected chi connectivity index (χ2v) is 4.37. The summed E-state index contributed by atoms with van der Waals surface area (Å²) < 4.78 is 0. The van der Waals surface area contributed by atoms with Crippen LogP contribution >= 0.6 is 0 Å². The zero-order valence-corrected chi connectivity index (χ0v) is 10.5. The largest absolute Gasteiger partial charge is 0.392 e. The van der Waals surface area contributed by atoms with Gasteiger partial charge in [0.15, 0.2) is 0 Å². The van der Waals surface area contributed by atoms with Gasteiger partial charge in [0.05, 0.1) is 6.61 Å². The fourth-order valence-electron chi connectivity index (χ4n) is 1.86. The quantitative estimate of drug-likeness (QED) is 0.846. The predicted octanol–water partition coefficient (Wildman–Crippen LogP) is 2.42. The van der Waals surface area contributed by atoms with Crippen LogP contribution < -0.4 is 5.32 Å². The Labute approximate surface area is 108 Å². The van der Waals surface area contributed by atoms with Gasteiger partial charge in [0, 0.05) is 25.0 Å². The number of hydrogen-bond acceptors (Lipinski definition) is 3. The number of aliphatic hydroxyl groups excluding tert-OH is 1. The average molecular weight is 242 g/mol. The van der Waals surface area contributed by atoms with Gasteiger partial charge in [-0.2, -0.15) is 0 Å². The summed E-state index contributed by atoms with van der Waals surface area (Å²) in [5.74, 6) is 0. The smallest absolute Gasteiger partial charge is 0.0681 e. The summed E-state index contributed by atoms with van der Waals surface area (Å²) in [6.45, 7) is 2.99. The zero-order chi connectivity index (χ0) is 12.8. The minimum absolute atomic E-state index is 0.0893. The number of aliphatic hydroxyl groups is 1. The van der Waals surface area contributed by atoms with Crippen molar-refractivity contribution in [3.8, 4) is 0 Å². The molecule has 3 nitrogen and oxygen atoms in total. The van der Waals surface area contributed by atoms with Crippen molar-refractivity contribution in [1.29, 1.82) is 0 Å². The van der Waals surface area contributed by atoms with Crippen molar-refractivity contribution in [2.45, 2.75) is 26.1 Å². The van der Waals surface area contributed by atoms with E-state index in [2.05, 4.69) is 29.4 Å². The number of aromatic nitrogens is 1. The number of rotatable bonds is 5. The highest BCUT2D eigenvalue weighted by Gasteiger charge is 2.04. The molecule has 0 aliphatic heterocycles. The SMILES string of the molecule is CC(NCc1cccc(CO)c1)c1cccnc1. The first-order valence-corrected chi connectivity index (χ1v) is 6.11. The predicted molar refractivity (Wildman–Crippen MR) is 71.9 cm³/mol. The van der Waals surface area contributed by atoms with Crippen LogP contribution in [0.1, 0.15) is 29.7 Å². The zero-order valence-electron chi connectivity index (χ0n) is 10.5. The monoisotopic (exact) mass is 242 g/mol. The molecule has 0 fully saturated rings. The lowest BCUT2D eigenvalue weighted by atomic mass is 10.1. The lowest BCUT2D eigenvalue weighted by Gasteiger charge is -2.14. The van der Waals surface area contributed by atoms with Gasteiger partial charge in [-0.25, -0.2) is 0 Å². The summed E-state index contributed by atoms with van der Waals surface area (Å²) in [5.41, 5.74) is 3.30. The molecule has 0 bridgehead atoms. The van der Waals surface area contributed by atoms with Crippen molar-refractivity contribution in [3.63, 3.8) is 0 Å². The Balaban J connectivity index is 1.95. The van der Waals surface area contributed by atoms with Crippen molar-refractivity contribution < 1.29 is 5.11 Å². The van der Waals surface area contributed by atoms with Crippen molar-refractivity contribution >= 4 is 0 Å². The molecule has 1 atom stereocenters. The summed E-state index contributed by atoms with van der Waals surface area (Å²) in [5, 5.41) is 12.5. The Hall–Kier alpha value is -1.71. The van der Waals surface area contributed by atoms with E-state index in [1.807, 2.05) is 30.5 Å². The number of pyridine rings is 1. The van der Waals surface area contributed by atoms with Crippen molar-refractivity contribution in [3.05, 3.63) is 65.5 Å². The van der Waals surface area contributed by atoms with Crippen LogP contribution in [0.4, 0.5) is 0 Å². The third kappa shape index (κ3) is 3.39. The molecule has 2 rings (SSSR count). The molecule has 18 heavy (non-hydrogen) atoms. The molecule has 2 aromatic rings. The summed E-state index contributed by atoms with van der Waals surface area (Å²) in [7, 11) is 0. The van der Waals surface area contributed by atoms with E-state index in [9.17, 15) is 0 Å². The lowest BCUT2D eigenvalue weighted by molar-refractivity contribution is 0.281. The van der Waals surface area contributed by atoms with Gasteiger partial charge in [0.2, 0.25) is 0 Å². The molecule has 0 amide bonds. The Morgan fingerprint density at radius 3 is 2.78 bits per heavy atom. The first-order valence-electron chi connectivity index (χ1n) is 6.11. The van der Waals surface area contributed by atoms with Gasteiger partial charge in [-0.05, 0) is 29.7 Å². The van der Waals surface area contributed by atoms with E-state index in [4.69, 9.17) is 5.11 Å². The molecule has 0 aliphatic carbocycles. The van der Waals surface area contributed by atoms with Crippen LogP contribution in [0, 0.1) is 0 Å². The molecule has 94 valence electrons. The van der Waals surface area contributed by atoms with Gasteiger partial charge >= 0.3 is 0 Å². The van der Waals surface area contributed by atoms with E-state index in [1.54, 1.807) is 6.20 Å². The van der Waals surface area contributed by atoms with Gasteiger partial charge in [-0.15, -0.1) is 0 Å². The van der Waals surface area contributed by atoms with E-state index in [1.165, 1.54) is 11.1 Å². The van der Waals surface area contributed by atoms with Crippen LogP contribution in [-0.4, -0.2) is 10.1 Å². The molecular formula is C15H18N2O. The van der Waals surface area contributed by atoms with Gasteiger partial charge in [0.1, 0.15) is 0 Å². The van der Waals surface area contributed by atoms with Gasteiger partial charge in [-0.3, -0.25) is 4.98 Å². The first kappa shape index (κ1) is 12.7. The maximum atomic E-state index is 9.09. The van der Waals surface area contributed by atoms with Crippen molar-refractivity contribution in [2.75, 3.05) is 0 Å². The normalized spacial score (nSPS) is 12.3. The highest BCUT2D eigenvalue weighted by Crippen LogP contribution is 2.12. The molecule has 3 heteroatoms. The molecule has 0 saturated heterocycles. The first-order chi connectivity index (χ1) is 8.79. The molecule has 1 heterocycles. The molecule has 1 unspecified atom stereocenters. The molecule has 0 spiro atoms. The fraction of sp³-hybridized carbons (Fsp3) is 0.267. The molecule has 0 aliphatic rings. The molecule has 0 saturated carbocycles. The van der Waals surface area contributed by atoms with E-state index in [-0.39, 0.29) is 12.6 Å². The fourth-order valence-corrected chi connectivity index (χ4v) is 1.86. The van der Waals surface area contributed by atoms with Gasteiger partial charge < -0.3 is 10.4 Å². The molecule has 2 N–H and O–H groups in total. The van der Waals surface area contributed by atoms with Gasteiger partial charge in [-0.1, -0.05) is 30.3 Å². The Morgan fingerprint density at radius 1 is 1.22 bits per heavy atom. The Kier molecular flexibility index (Phi) is 4.45. The molecule has 1 aromatic heterocycles. The van der Waals surface area contributed by atoms with Crippen LogP contribution in [-0.2, 0) is 13.2 Å². The summed E-state index contributed by atoms with van der Waals surface area (Å²) in [4.78, 5) is 4.12. The minimum atomic E-state index is 0.0893. The number of hydrogen-bond donors (Lipinski definition) is 2. The maximum Gasteiger partial charge on any atom is 0.0681 e. The highest BCUT2D eigenvalue weighted by atomic mass is 16.3. The third-order valence-corrected chi connectivity index (χ3v) is 2.97. The number of benzene rings is 1. The standard InChI is InChI=1S/C15H18N2O/c1-12(15-6-3-7-16-10-15)17-9-13-4-2-5-14(8-13)11-18/h2-8,10,12,17-18H,9,11H2,1H3. The summed E-state index contributed by atoms with van der Waals surface area (Å²) >= 11 is 0. The number of nitrogens with one attached hydrogen (secondary N) is 1. The minimum Gasteiger partial charge on any atom is -0.392 e. The topological polar surface area (TPSA) is 45.1 Å². The van der Waals surface area contributed by atoms with E-state index >= 15 is 0 Å². The van der Waals surface area contributed by atoms with Crippen LogP contribution in [0.25, 0.3) is 0 Å². The average Bonchev–Trinajstić information content (AvgIpc) is 2.46. The Bertz CT molecular complexity index is 485. The summed E-state index contributed by atoms with van der Waals surface area (Å²) in [6, 6.07) is 12.2. The molecular weight excluding hydrogens is 224 g/mol. The van der Waals surface area contributed by atoms with E-state index in [0.717, 1.165) is 12.1 Å². The van der Waals surface area contributed by atoms with Gasteiger partial charge in [0.25, 0.3) is 0 Å². The highest BCUT2D eigenvalue weighted by molar-refractivity contribution is 5.23. The van der Waals surface area contributed by atoms with Crippen LogP contribution in [0.3, 0.4) is 0 Å². The van der Waals surface area contributed by atoms with Crippen LogP contribution in [0.2, 0.25) is 0 Å². The maximum absolute atomic E-state index is 9.09. The molecule has 1 aromatic carbocycles. The van der Waals surface area contributed by atoms with Crippen LogP contribution in [0.5, 0.6) is 0 Å². The van der Waals surface area contributed by atoms with Crippen LogP contribution in [0.15, 0.2) is 48.8 Å². The number of nitrogens with zero attached hydrogens (tertiary/aromatic N) is 1. The van der Waals surface area contributed by atoms with Crippen molar-refractivity contribution in [1.82, 2.24) is 10.3 Å². The van der Waals surface area contributed by atoms with E-state index in [0.29, 0.717) is 0 Å². The summed E-state index contributed by atoms with van der Waals surface area (Å²) in [6.07, 6.45) is 3.66. The molecule has 0 radical (unpaired) electrons. The lowest BCUT2D eigenvalue weighted by Crippen LogP contribution is -2.18. The Morgan fingerprint density at radius 2 is 2.06 bits per heavy atom. The second kappa shape index (κ2) is 6.28.